The molecule has 0 bridgehead atoms. The van der Waals surface area contributed by atoms with E-state index in [-0.39, 0.29) is 11.9 Å². The van der Waals surface area contributed by atoms with Crippen molar-refractivity contribution in [1.29, 1.82) is 0 Å². The first-order chi connectivity index (χ1) is 12.8. The van der Waals surface area contributed by atoms with Gasteiger partial charge in [-0.15, -0.1) is 0 Å². The molecule has 0 heterocycles. The number of aliphatic hydroxyl groups is 1. The quantitative estimate of drug-likeness (QED) is 0.398. The average Bonchev–Trinajstić information content (AvgIpc) is 2.67. The minimum absolute atomic E-state index is 0.101. The molecule has 150 valence electrons. The van der Waals surface area contributed by atoms with Crippen molar-refractivity contribution in [2.75, 3.05) is 6.61 Å². The second-order valence-corrected chi connectivity index (χ2v) is 7.24. The highest BCUT2D eigenvalue weighted by atomic mass is 16.5. The van der Waals surface area contributed by atoms with Crippen molar-refractivity contribution in [3.63, 3.8) is 0 Å². The Morgan fingerprint density at radius 3 is 2.52 bits per heavy atom. The first-order valence-corrected chi connectivity index (χ1v) is 10.1. The molecule has 3 nitrogen and oxygen atoms in total. The van der Waals surface area contributed by atoms with Crippen LogP contribution < -0.4 is 0 Å². The van der Waals surface area contributed by atoms with Crippen molar-refractivity contribution in [3.05, 3.63) is 59.7 Å². The second kappa shape index (κ2) is 11.1. The molecule has 2 atom stereocenters. The fourth-order valence-electron chi connectivity index (χ4n) is 3.82. The maximum atomic E-state index is 12.0. The highest BCUT2D eigenvalue weighted by Gasteiger charge is 2.38. The zero-order valence-electron chi connectivity index (χ0n) is 17.6. The van der Waals surface area contributed by atoms with Gasteiger partial charge in [0.1, 0.15) is 0 Å². The van der Waals surface area contributed by atoms with Gasteiger partial charge in [0.05, 0.1) is 17.8 Å². The molecule has 1 N–H and O–H groups in total. The second-order valence-electron chi connectivity index (χ2n) is 7.24. The monoisotopic (exact) mass is 372 g/mol. The number of esters is 1. The van der Waals surface area contributed by atoms with Gasteiger partial charge in [0, 0.05) is 0 Å². The van der Waals surface area contributed by atoms with Crippen LogP contribution in [0.25, 0.3) is 0 Å². The van der Waals surface area contributed by atoms with E-state index in [0.717, 1.165) is 24.0 Å². The molecule has 1 rings (SSSR count). The third-order valence-corrected chi connectivity index (χ3v) is 5.67. The third kappa shape index (κ3) is 6.07. The van der Waals surface area contributed by atoms with Crippen LogP contribution in [0.15, 0.2) is 48.6 Å². The molecule has 0 aromatic heterocycles. The summed E-state index contributed by atoms with van der Waals surface area (Å²) in [6.07, 6.45) is 7.13. The van der Waals surface area contributed by atoms with Crippen LogP contribution in [0.5, 0.6) is 0 Å². The van der Waals surface area contributed by atoms with Gasteiger partial charge in [-0.05, 0) is 61.8 Å². The topological polar surface area (TPSA) is 46.5 Å². The van der Waals surface area contributed by atoms with Gasteiger partial charge in [-0.25, -0.2) is 4.79 Å². The maximum Gasteiger partial charge on any atom is 0.338 e. The zero-order valence-corrected chi connectivity index (χ0v) is 17.6. The molecule has 0 saturated heterocycles. The van der Waals surface area contributed by atoms with Crippen molar-refractivity contribution in [2.24, 2.45) is 11.8 Å². The van der Waals surface area contributed by atoms with Crippen LogP contribution in [-0.4, -0.2) is 23.3 Å². The zero-order chi connectivity index (χ0) is 20.4. The number of carbonyl (C=O) groups excluding carboxylic acids is 1. The molecule has 1 aromatic carbocycles. The molecule has 0 aliphatic heterocycles. The number of rotatable bonds is 11. The molecule has 0 saturated carbocycles. The molecule has 0 radical (unpaired) electrons. The molecule has 0 fully saturated rings. The van der Waals surface area contributed by atoms with Crippen molar-refractivity contribution in [2.45, 2.75) is 65.9 Å². The van der Waals surface area contributed by atoms with Crippen LogP contribution in [0.3, 0.4) is 0 Å². The van der Waals surface area contributed by atoms with E-state index in [9.17, 15) is 9.90 Å². The molecule has 2 unspecified atom stereocenters. The van der Waals surface area contributed by atoms with E-state index in [4.69, 9.17) is 4.74 Å². The summed E-state index contributed by atoms with van der Waals surface area (Å²) in [4.78, 5) is 12.0. The van der Waals surface area contributed by atoms with Crippen molar-refractivity contribution in [1.82, 2.24) is 0 Å². The number of hydrogen-bond donors (Lipinski definition) is 1. The summed E-state index contributed by atoms with van der Waals surface area (Å²) in [5.41, 5.74) is 1.36. The Bertz CT molecular complexity index is 643. The fraction of sp³-hybridized carbons (Fsp3) is 0.542. The minimum atomic E-state index is -0.969. The summed E-state index contributed by atoms with van der Waals surface area (Å²) in [5.74, 6) is 0.227. The number of aryl methyl sites for hydroxylation is 1. The van der Waals surface area contributed by atoms with E-state index in [1.54, 1.807) is 13.0 Å². The number of benzene rings is 1. The van der Waals surface area contributed by atoms with Crippen LogP contribution in [-0.2, 0) is 11.2 Å². The third-order valence-electron chi connectivity index (χ3n) is 5.67. The molecular weight excluding hydrogens is 336 g/mol. The van der Waals surface area contributed by atoms with E-state index in [1.165, 1.54) is 0 Å². The lowest BCUT2D eigenvalue weighted by molar-refractivity contribution is -0.00771. The SMILES string of the molecule is C=C(/C=C\C)C(O)(CCc1cccc(C(=O)OCC)c1)C(C)C(CC)CC. The fourth-order valence-corrected chi connectivity index (χ4v) is 3.82. The van der Waals surface area contributed by atoms with Crippen molar-refractivity contribution in [3.8, 4) is 0 Å². The van der Waals surface area contributed by atoms with Crippen LogP contribution >= 0.6 is 0 Å². The van der Waals surface area contributed by atoms with E-state index in [2.05, 4.69) is 27.4 Å². The standard InChI is InChI=1S/C24H36O3/c1-7-12-18(5)24(26,19(6)21(8-2)9-3)16-15-20-13-11-14-22(17-20)23(25)27-10-4/h7,11-14,17,19,21,26H,5,8-10,15-16H2,1-4,6H3/b12-7-. The van der Waals surface area contributed by atoms with Crippen LogP contribution in [0, 0.1) is 11.8 Å². The lowest BCUT2D eigenvalue weighted by atomic mass is 9.71. The van der Waals surface area contributed by atoms with Crippen LogP contribution in [0.2, 0.25) is 0 Å². The van der Waals surface area contributed by atoms with Crippen LogP contribution in [0.4, 0.5) is 0 Å². The summed E-state index contributed by atoms with van der Waals surface area (Å²) < 4.78 is 5.09. The lowest BCUT2D eigenvalue weighted by Crippen LogP contribution is -2.42. The summed E-state index contributed by atoms with van der Waals surface area (Å²) in [5, 5.41) is 11.6. The Balaban J connectivity index is 3.05. The number of allylic oxidation sites excluding steroid dienone is 1. The number of carbonyl (C=O) groups is 1. The Labute approximate surface area is 165 Å². The molecule has 0 aliphatic rings. The van der Waals surface area contributed by atoms with Gasteiger partial charge in [0.2, 0.25) is 0 Å². The predicted octanol–water partition coefficient (Wildman–Crippen LogP) is 5.73. The largest absolute Gasteiger partial charge is 0.462 e. The summed E-state index contributed by atoms with van der Waals surface area (Å²) in [7, 11) is 0. The van der Waals surface area contributed by atoms with E-state index in [0.29, 0.717) is 30.9 Å². The summed E-state index contributed by atoms with van der Waals surface area (Å²) in [6, 6.07) is 7.48. The van der Waals surface area contributed by atoms with Gasteiger partial charge in [0.15, 0.2) is 0 Å². The van der Waals surface area contributed by atoms with E-state index in [1.807, 2.05) is 37.3 Å². The van der Waals surface area contributed by atoms with Gasteiger partial charge in [-0.1, -0.05) is 64.5 Å². The average molecular weight is 373 g/mol. The maximum absolute atomic E-state index is 12.0. The molecule has 1 aromatic rings. The lowest BCUT2D eigenvalue weighted by Gasteiger charge is -2.39. The van der Waals surface area contributed by atoms with Crippen molar-refractivity contribution >= 4 is 5.97 Å². The minimum Gasteiger partial charge on any atom is -0.462 e. The number of ether oxygens (including phenoxy) is 1. The molecule has 27 heavy (non-hydrogen) atoms. The molecular formula is C24H36O3. The Kier molecular flexibility index (Phi) is 9.51. The van der Waals surface area contributed by atoms with Crippen molar-refractivity contribution < 1.29 is 14.6 Å². The molecule has 0 amide bonds. The highest BCUT2D eigenvalue weighted by Crippen LogP contribution is 2.38. The smallest absolute Gasteiger partial charge is 0.338 e. The molecule has 0 spiro atoms. The first kappa shape index (κ1) is 23.2. The van der Waals surface area contributed by atoms with Gasteiger partial charge in [-0.3, -0.25) is 0 Å². The first-order valence-electron chi connectivity index (χ1n) is 10.1. The van der Waals surface area contributed by atoms with Gasteiger partial charge in [-0.2, -0.15) is 0 Å². The Morgan fingerprint density at radius 2 is 1.96 bits per heavy atom. The Hall–Kier alpha value is -1.87. The van der Waals surface area contributed by atoms with Gasteiger partial charge < -0.3 is 9.84 Å². The van der Waals surface area contributed by atoms with Crippen LogP contribution in [0.1, 0.15) is 69.8 Å². The molecule has 3 heteroatoms. The summed E-state index contributed by atoms with van der Waals surface area (Å²) >= 11 is 0. The summed E-state index contributed by atoms with van der Waals surface area (Å²) in [6.45, 7) is 14.7. The van der Waals surface area contributed by atoms with Gasteiger partial charge in [0.25, 0.3) is 0 Å². The predicted molar refractivity (Wildman–Crippen MR) is 113 cm³/mol. The number of hydrogen-bond acceptors (Lipinski definition) is 3. The normalized spacial score (nSPS) is 14.9. The molecule has 0 aliphatic carbocycles. The Morgan fingerprint density at radius 1 is 1.30 bits per heavy atom. The highest BCUT2D eigenvalue weighted by molar-refractivity contribution is 5.89. The van der Waals surface area contributed by atoms with E-state index < -0.39 is 5.60 Å². The van der Waals surface area contributed by atoms with E-state index >= 15 is 0 Å². The van der Waals surface area contributed by atoms with Gasteiger partial charge >= 0.3 is 5.97 Å².